The Morgan fingerprint density at radius 1 is 1.09 bits per heavy atom. The fourth-order valence-corrected chi connectivity index (χ4v) is 3.73. The van der Waals surface area contributed by atoms with Gasteiger partial charge in [0.25, 0.3) is 0 Å². The summed E-state index contributed by atoms with van der Waals surface area (Å²) in [5.41, 5.74) is 0.697. The van der Waals surface area contributed by atoms with Crippen molar-refractivity contribution in [3.63, 3.8) is 0 Å². The first kappa shape index (κ1) is 5.58. The number of hydrogen-bond donors (Lipinski definition) is 1. The lowest BCUT2D eigenvalue weighted by atomic mass is 9.97. The van der Waals surface area contributed by atoms with Crippen LogP contribution in [0.25, 0.3) is 0 Å². The van der Waals surface area contributed by atoms with Gasteiger partial charge in [-0.3, -0.25) is 0 Å². The Kier molecular flexibility index (Phi) is 0.706. The minimum Gasteiger partial charge on any atom is -0.308 e. The van der Waals surface area contributed by atoms with Crippen molar-refractivity contribution in [1.29, 1.82) is 0 Å². The molecule has 4 atom stereocenters. The molecule has 60 valence electrons. The number of rotatable bonds is 0. The highest BCUT2D eigenvalue weighted by molar-refractivity contribution is 5.18. The van der Waals surface area contributed by atoms with Gasteiger partial charge in [-0.2, -0.15) is 0 Å². The normalized spacial score (nSPS) is 61.1. The summed E-state index contributed by atoms with van der Waals surface area (Å²) in [5, 5.41) is 3.86. The Morgan fingerprint density at radius 2 is 2.00 bits per heavy atom. The summed E-state index contributed by atoms with van der Waals surface area (Å²) >= 11 is 0. The van der Waals surface area contributed by atoms with Crippen molar-refractivity contribution in [3.05, 3.63) is 0 Å². The second kappa shape index (κ2) is 1.39. The first-order valence-corrected chi connectivity index (χ1v) is 5.14. The van der Waals surface area contributed by atoms with E-state index in [1.165, 1.54) is 25.2 Å². The Labute approximate surface area is 67.6 Å². The first-order chi connectivity index (χ1) is 5.36. The van der Waals surface area contributed by atoms with Crippen LogP contribution in [0.1, 0.15) is 32.1 Å². The smallest absolute Gasteiger partial charge is 0.0188 e. The Bertz CT molecular complexity index is 219. The lowest BCUT2D eigenvalue weighted by Crippen LogP contribution is -2.31. The molecule has 4 aliphatic rings. The van der Waals surface area contributed by atoms with Gasteiger partial charge >= 0.3 is 0 Å². The third-order valence-electron chi connectivity index (χ3n) is 4.57. The van der Waals surface area contributed by atoms with E-state index in [1.807, 2.05) is 0 Å². The van der Waals surface area contributed by atoms with Gasteiger partial charge < -0.3 is 5.32 Å². The quantitative estimate of drug-likeness (QED) is 0.551. The molecule has 0 bridgehead atoms. The van der Waals surface area contributed by atoms with Gasteiger partial charge in [0, 0.05) is 11.6 Å². The maximum Gasteiger partial charge on any atom is 0.0188 e. The van der Waals surface area contributed by atoms with E-state index in [1.54, 1.807) is 12.8 Å². The van der Waals surface area contributed by atoms with Crippen LogP contribution in [0, 0.1) is 17.8 Å². The highest BCUT2D eigenvalue weighted by Crippen LogP contribution is 2.63. The van der Waals surface area contributed by atoms with Gasteiger partial charge in [0.2, 0.25) is 0 Å². The summed E-state index contributed by atoms with van der Waals surface area (Å²) < 4.78 is 0. The van der Waals surface area contributed by atoms with Crippen LogP contribution >= 0.6 is 0 Å². The van der Waals surface area contributed by atoms with Crippen LogP contribution in [0.15, 0.2) is 0 Å². The fraction of sp³-hybridized carbons (Fsp3) is 1.00. The number of nitrogens with one attached hydrogen (secondary N) is 1. The summed E-state index contributed by atoms with van der Waals surface area (Å²) in [7, 11) is 0. The van der Waals surface area contributed by atoms with Crippen molar-refractivity contribution < 1.29 is 0 Å². The molecule has 3 saturated carbocycles. The second-order valence-corrected chi connectivity index (χ2v) is 5.29. The summed E-state index contributed by atoms with van der Waals surface area (Å²) in [4.78, 5) is 0. The van der Waals surface area contributed by atoms with Crippen molar-refractivity contribution in [2.24, 2.45) is 17.8 Å². The third kappa shape index (κ3) is 0.581. The molecule has 1 heterocycles. The van der Waals surface area contributed by atoms with Crippen molar-refractivity contribution in [1.82, 2.24) is 5.32 Å². The Balaban J connectivity index is 1.68. The zero-order valence-electron chi connectivity index (χ0n) is 6.84. The zero-order valence-corrected chi connectivity index (χ0v) is 6.84. The number of fused-ring (bicyclic) bond motifs is 3. The lowest BCUT2D eigenvalue weighted by Gasteiger charge is -2.11. The number of hydrogen-bond acceptors (Lipinski definition) is 1. The first-order valence-electron chi connectivity index (χ1n) is 5.14. The van der Waals surface area contributed by atoms with Gasteiger partial charge in [-0.15, -0.1) is 0 Å². The van der Waals surface area contributed by atoms with Crippen LogP contribution < -0.4 is 5.32 Å². The molecular formula is C10H15N. The molecule has 1 N–H and O–H groups in total. The molecule has 4 fully saturated rings. The zero-order chi connectivity index (χ0) is 7.05. The minimum absolute atomic E-state index is 0.697. The molecule has 0 radical (unpaired) electrons. The highest BCUT2D eigenvalue weighted by Gasteiger charge is 2.62. The van der Waals surface area contributed by atoms with E-state index >= 15 is 0 Å². The fourth-order valence-electron chi connectivity index (χ4n) is 3.73. The Hall–Kier alpha value is -0.0400. The minimum atomic E-state index is 0.697. The lowest BCUT2D eigenvalue weighted by molar-refractivity contribution is 0.450. The Morgan fingerprint density at radius 3 is 2.73 bits per heavy atom. The summed E-state index contributed by atoms with van der Waals surface area (Å²) in [5.74, 6) is 3.45. The summed E-state index contributed by atoms with van der Waals surface area (Å²) in [6.45, 7) is 0. The van der Waals surface area contributed by atoms with Gasteiger partial charge in [-0.05, 0) is 49.9 Å². The van der Waals surface area contributed by atoms with Gasteiger partial charge in [0.15, 0.2) is 0 Å². The van der Waals surface area contributed by atoms with Crippen LogP contribution in [-0.2, 0) is 0 Å². The van der Waals surface area contributed by atoms with Gasteiger partial charge in [0.1, 0.15) is 0 Å². The van der Waals surface area contributed by atoms with E-state index in [9.17, 15) is 0 Å². The van der Waals surface area contributed by atoms with Gasteiger partial charge in [-0.25, -0.2) is 0 Å². The van der Waals surface area contributed by atoms with E-state index in [4.69, 9.17) is 0 Å². The molecule has 0 amide bonds. The van der Waals surface area contributed by atoms with Crippen molar-refractivity contribution >= 4 is 0 Å². The molecule has 1 nitrogen and oxygen atoms in total. The SMILES string of the molecule is C1C2CC2C2CC3(CC3)NC12. The van der Waals surface area contributed by atoms with Crippen LogP contribution in [-0.4, -0.2) is 11.6 Å². The molecule has 1 heteroatoms. The molecule has 0 aromatic carbocycles. The summed E-state index contributed by atoms with van der Waals surface area (Å²) in [6, 6.07) is 0.959. The van der Waals surface area contributed by atoms with Crippen LogP contribution in [0.3, 0.4) is 0 Å². The van der Waals surface area contributed by atoms with Crippen molar-refractivity contribution in [3.8, 4) is 0 Å². The average molecular weight is 149 g/mol. The second-order valence-electron chi connectivity index (χ2n) is 5.29. The van der Waals surface area contributed by atoms with E-state index in [0.717, 1.165) is 17.9 Å². The topological polar surface area (TPSA) is 12.0 Å². The monoisotopic (exact) mass is 149 g/mol. The largest absolute Gasteiger partial charge is 0.308 e. The van der Waals surface area contributed by atoms with Crippen LogP contribution in [0.2, 0.25) is 0 Å². The van der Waals surface area contributed by atoms with Crippen molar-refractivity contribution in [2.45, 2.75) is 43.7 Å². The van der Waals surface area contributed by atoms with Crippen molar-refractivity contribution in [2.75, 3.05) is 0 Å². The predicted molar refractivity (Wildman–Crippen MR) is 43.2 cm³/mol. The molecule has 0 aromatic rings. The standard InChI is InChI=1S/C10H15N/c1-2-10(1)5-8-7-3-6(7)4-9(8)11-10/h6-9,11H,1-5H2. The highest BCUT2D eigenvalue weighted by atomic mass is 15.1. The molecule has 0 aromatic heterocycles. The molecule has 4 unspecified atom stereocenters. The van der Waals surface area contributed by atoms with E-state index in [0.29, 0.717) is 5.54 Å². The van der Waals surface area contributed by atoms with Gasteiger partial charge in [-0.1, -0.05) is 0 Å². The molecule has 3 aliphatic carbocycles. The van der Waals surface area contributed by atoms with Crippen LogP contribution in [0.5, 0.6) is 0 Å². The average Bonchev–Trinajstić information content (AvgIpc) is 2.75. The predicted octanol–water partition coefficient (Wildman–Crippen LogP) is 1.54. The maximum absolute atomic E-state index is 3.86. The molecular weight excluding hydrogens is 134 g/mol. The van der Waals surface area contributed by atoms with E-state index in [-0.39, 0.29) is 0 Å². The van der Waals surface area contributed by atoms with Gasteiger partial charge in [0.05, 0.1) is 0 Å². The molecule has 4 rings (SSSR count). The van der Waals surface area contributed by atoms with E-state index in [2.05, 4.69) is 5.32 Å². The van der Waals surface area contributed by atoms with E-state index < -0.39 is 0 Å². The molecule has 11 heavy (non-hydrogen) atoms. The molecule has 1 spiro atoms. The third-order valence-corrected chi connectivity index (χ3v) is 4.57. The van der Waals surface area contributed by atoms with Crippen LogP contribution in [0.4, 0.5) is 0 Å². The maximum atomic E-state index is 3.86. The summed E-state index contributed by atoms with van der Waals surface area (Å²) in [6.07, 6.45) is 7.61. The molecule has 1 saturated heterocycles. The molecule has 1 aliphatic heterocycles.